The summed E-state index contributed by atoms with van der Waals surface area (Å²) in [5, 5.41) is 7.83. The molecular formula is C11H13N3O. The zero-order chi connectivity index (χ0) is 10.3. The van der Waals surface area contributed by atoms with Crippen LogP contribution in [0, 0.1) is 0 Å². The molecule has 4 heteroatoms. The lowest BCUT2D eigenvalue weighted by atomic mass is 10.0. The lowest BCUT2D eigenvalue weighted by Gasteiger charge is -2.20. The molecule has 1 unspecified atom stereocenters. The van der Waals surface area contributed by atoms with Gasteiger partial charge in [-0.3, -0.25) is 4.68 Å². The van der Waals surface area contributed by atoms with Crippen molar-refractivity contribution in [1.82, 2.24) is 15.1 Å². The summed E-state index contributed by atoms with van der Waals surface area (Å²) in [5.74, 6) is 1.01. The number of rotatable bonds is 1. The fourth-order valence-electron chi connectivity index (χ4n) is 2.08. The molecule has 4 nitrogen and oxygen atoms in total. The zero-order valence-corrected chi connectivity index (χ0v) is 8.60. The molecule has 0 aromatic carbocycles. The van der Waals surface area contributed by atoms with E-state index in [0.29, 0.717) is 0 Å². The van der Waals surface area contributed by atoms with E-state index >= 15 is 0 Å². The molecule has 1 N–H and O–H groups in total. The van der Waals surface area contributed by atoms with Crippen LogP contribution >= 0.6 is 0 Å². The molecule has 78 valence electrons. The summed E-state index contributed by atoms with van der Waals surface area (Å²) in [4.78, 5) is 0. The van der Waals surface area contributed by atoms with Gasteiger partial charge in [0.05, 0.1) is 12.0 Å². The van der Waals surface area contributed by atoms with Crippen LogP contribution in [0.4, 0.5) is 0 Å². The fraction of sp³-hybridized carbons (Fsp3) is 0.364. The third kappa shape index (κ3) is 1.37. The third-order valence-corrected chi connectivity index (χ3v) is 2.82. The predicted molar refractivity (Wildman–Crippen MR) is 55.5 cm³/mol. The number of aromatic nitrogens is 2. The Balaban J connectivity index is 2.02. The van der Waals surface area contributed by atoms with Crippen LogP contribution in [0.1, 0.15) is 23.1 Å². The first-order valence-corrected chi connectivity index (χ1v) is 5.14. The molecule has 0 saturated carbocycles. The van der Waals surface area contributed by atoms with Gasteiger partial charge in [0.2, 0.25) is 0 Å². The molecule has 0 radical (unpaired) electrons. The first-order valence-electron chi connectivity index (χ1n) is 5.14. The van der Waals surface area contributed by atoms with Gasteiger partial charge in [0, 0.05) is 19.8 Å². The summed E-state index contributed by atoms with van der Waals surface area (Å²) >= 11 is 0. The lowest BCUT2D eigenvalue weighted by Crippen LogP contribution is -2.30. The summed E-state index contributed by atoms with van der Waals surface area (Å²) in [6, 6.07) is 4.19. The lowest BCUT2D eigenvalue weighted by molar-refractivity contribution is 0.418. The van der Waals surface area contributed by atoms with Crippen molar-refractivity contribution in [1.29, 1.82) is 0 Å². The molecule has 15 heavy (non-hydrogen) atoms. The minimum Gasteiger partial charge on any atom is -0.467 e. The molecule has 0 spiro atoms. The summed E-state index contributed by atoms with van der Waals surface area (Å²) in [6.45, 7) is 0.980. The third-order valence-electron chi connectivity index (χ3n) is 2.82. The fourth-order valence-corrected chi connectivity index (χ4v) is 2.08. The summed E-state index contributed by atoms with van der Waals surface area (Å²) in [7, 11) is 1.93. The summed E-state index contributed by atoms with van der Waals surface area (Å²) in [6.07, 6.45) is 4.75. The van der Waals surface area contributed by atoms with Crippen LogP contribution in [-0.4, -0.2) is 16.3 Å². The maximum atomic E-state index is 5.52. The highest BCUT2D eigenvalue weighted by atomic mass is 16.3. The summed E-state index contributed by atoms with van der Waals surface area (Å²) < 4.78 is 7.33. The molecule has 2 aromatic heterocycles. The highest BCUT2D eigenvalue weighted by molar-refractivity contribution is 5.29. The van der Waals surface area contributed by atoms with E-state index in [1.807, 2.05) is 30.1 Å². The normalized spacial score (nSPS) is 20.2. The molecule has 0 bridgehead atoms. The highest BCUT2D eigenvalue weighted by Crippen LogP contribution is 2.28. The van der Waals surface area contributed by atoms with Crippen LogP contribution < -0.4 is 5.32 Å². The molecule has 3 rings (SSSR count). The number of hydrogen-bond acceptors (Lipinski definition) is 3. The maximum Gasteiger partial charge on any atom is 0.130 e. The Bertz CT molecular complexity index is 472. The molecule has 0 saturated heterocycles. The van der Waals surface area contributed by atoms with Gasteiger partial charge in [-0.25, -0.2) is 0 Å². The monoisotopic (exact) mass is 203 g/mol. The molecule has 0 aliphatic carbocycles. The van der Waals surface area contributed by atoms with Crippen molar-refractivity contribution in [3.8, 4) is 0 Å². The van der Waals surface area contributed by atoms with Crippen molar-refractivity contribution in [2.45, 2.75) is 12.5 Å². The quantitative estimate of drug-likeness (QED) is 0.758. The van der Waals surface area contributed by atoms with Crippen LogP contribution in [0.2, 0.25) is 0 Å². The Kier molecular flexibility index (Phi) is 1.89. The van der Waals surface area contributed by atoms with Crippen LogP contribution in [-0.2, 0) is 13.5 Å². The average Bonchev–Trinajstić information content (AvgIpc) is 2.84. The van der Waals surface area contributed by atoms with Crippen molar-refractivity contribution in [2.75, 3.05) is 6.54 Å². The topological polar surface area (TPSA) is 43.0 Å². The Morgan fingerprint density at radius 1 is 1.53 bits per heavy atom. The van der Waals surface area contributed by atoms with Gasteiger partial charge in [0.25, 0.3) is 0 Å². The van der Waals surface area contributed by atoms with Crippen molar-refractivity contribution in [2.24, 2.45) is 7.05 Å². The average molecular weight is 203 g/mol. The highest BCUT2D eigenvalue weighted by Gasteiger charge is 2.25. The van der Waals surface area contributed by atoms with Crippen molar-refractivity contribution < 1.29 is 4.42 Å². The van der Waals surface area contributed by atoms with Gasteiger partial charge in [-0.05, 0) is 24.1 Å². The number of furan rings is 1. The second kappa shape index (κ2) is 3.24. The van der Waals surface area contributed by atoms with Gasteiger partial charge >= 0.3 is 0 Å². The van der Waals surface area contributed by atoms with E-state index in [1.165, 1.54) is 5.56 Å². The number of fused-ring (bicyclic) bond motifs is 1. The predicted octanol–water partition coefficient (Wildman–Crippen LogP) is 1.25. The van der Waals surface area contributed by atoms with Gasteiger partial charge in [0.1, 0.15) is 11.8 Å². The van der Waals surface area contributed by atoms with E-state index in [-0.39, 0.29) is 6.04 Å². The molecule has 1 aliphatic rings. The van der Waals surface area contributed by atoms with Crippen molar-refractivity contribution in [3.05, 3.63) is 41.6 Å². The van der Waals surface area contributed by atoms with Gasteiger partial charge in [-0.15, -0.1) is 0 Å². The maximum absolute atomic E-state index is 5.52. The van der Waals surface area contributed by atoms with Gasteiger partial charge in [0.15, 0.2) is 0 Å². The van der Waals surface area contributed by atoms with Crippen LogP contribution in [0.3, 0.4) is 0 Å². The van der Waals surface area contributed by atoms with Crippen LogP contribution in [0.5, 0.6) is 0 Å². The van der Waals surface area contributed by atoms with E-state index < -0.39 is 0 Å². The second-order valence-corrected chi connectivity index (χ2v) is 3.86. The van der Waals surface area contributed by atoms with Crippen LogP contribution in [0.15, 0.2) is 29.0 Å². The van der Waals surface area contributed by atoms with E-state index in [0.717, 1.165) is 24.4 Å². The van der Waals surface area contributed by atoms with Crippen molar-refractivity contribution >= 4 is 0 Å². The SMILES string of the molecule is Cn1ccc(C2NCCc3ccoc32)n1. The molecule has 1 atom stereocenters. The Morgan fingerprint density at radius 2 is 2.47 bits per heavy atom. The Labute approximate surface area is 87.9 Å². The van der Waals surface area contributed by atoms with Gasteiger partial charge in [-0.2, -0.15) is 5.10 Å². The Morgan fingerprint density at radius 3 is 3.27 bits per heavy atom. The first-order chi connectivity index (χ1) is 7.34. The largest absolute Gasteiger partial charge is 0.467 e. The molecular weight excluding hydrogens is 190 g/mol. The standard InChI is InChI=1S/C11H13N3O/c1-14-6-3-9(13-14)10-11-8(2-5-12-10)4-7-15-11/h3-4,6-7,10,12H,2,5H2,1H3. The first kappa shape index (κ1) is 8.73. The van der Waals surface area contributed by atoms with Gasteiger partial charge < -0.3 is 9.73 Å². The van der Waals surface area contributed by atoms with Crippen molar-refractivity contribution in [3.63, 3.8) is 0 Å². The van der Waals surface area contributed by atoms with E-state index in [4.69, 9.17) is 4.42 Å². The molecule has 3 heterocycles. The summed E-state index contributed by atoms with van der Waals surface area (Å²) in [5.41, 5.74) is 2.32. The number of nitrogens with one attached hydrogen (secondary N) is 1. The molecule has 0 fully saturated rings. The van der Waals surface area contributed by atoms with E-state index in [2.05, 4.69) is 10.4 Å². The molecule has 1 aliphatic heterocycles. The number of nitrogens with zero attached hydrogens (tertiary/aromatic N) is 2. The minimum absolute atomic E-state index is 0.116. The smallest absolute Gasteiger partial charge is 0.130 e. The zero-order valence-electron chi connectivity index (χ0n) is 8.60. The number of aryl methyl sites for hydroxylation is 1. The molecule has 0 amide bonds. The second-order valence-electron chi connectivity index (χ2n) is 3.86. The van der Waals surface area contributed by atoms with E-state index in [1.54, 1.807) is 6.26 Å². The van der Waals surface area contributed by atoms with Crippen LogP contribution in [0.25, 0.3) is 0 Å². The number of hydrogen-bond donors (Lipinski definition) is 1. The Hall–Kier alpha value is -1.55. The van der Waals surface area contributed by atoms with E-state index in [9.17, 15) is 0 Å². The minimum atomic E-state index is 0.116. The molecule has 2 aromatic rings. The van der Waals surface area contributed by atoms with Gasteiger partial charge in [-0.1, -0.05) is 0 Å².